The molecule has 0 bridgehead atoms. The maximum atomic E-state index is 11.9. The maximum Gasteiger partial charge on any atom is 0.244 e. The monoisotopic (exact) mass is 311 g/mol. The molecule has 0 atom stereocenters. The average molecular weight is 311 g/mol. The number of carbonyl (C=O) groups excluding carboxylic acids is 1. The summed E-state index contributed by atoms with van der Waals surface area (Å²) in [6, 6.07) is 7.68. The number of hydrogen-bond acceptors (Lipinski definition) is 4. The van der Waals surface area contributed by atoms with E-state index in [0.717, 1.165) is 30.2 Å². The van der Waals surface area contributed by atoms with E-state index in [-0.39, 0.29) is 5.91 Å². The fourth-order valence-electron chi connectivity index (χ4n) is 2.64. The molecule has 0 aromatic carbocycles. The van der Waals surface area contributed by atoms with Crippen LogP contribution < -0.4 is 10.2 Å². The summed E-state index contributed by atoms with van der Waals surface area (Å²) < 4.78 is 5.39. The number of anilines is 1. The van der Waals surface area contributed by atoms with Gasteiger partial charge in [-0.25, -0.2) is 4.98 Å². The van der Waals surface area contributed by atoms with Gasteiger partial charge in [0.2, 0.25) is 5.91 Å². The number of rotatable bonds is 5. The van der Waals surface area contributed by atoms with Gasteiger partial charge in [0.25, 0.3) is 0 Å². The Morgan fingerprint density at radius 2 is 2.17 bits per heavy atom. The van der Waals surface area contributed by atoms with Crippen molar-refractivity contribution in [2.45, 2.75) is 26.3 Å². The molecular formula is C18H21N3O2. The molecule has 0 radical (unpaired) electrons. The summed E-state index contributed by atoms with van der Waals surface area (Å²) in [4.78, 5) is 18.6. The van der Waals surface area contributed by atoms with Gasteiger partial charge in [-0.3, -0.25) is 4.79 Å². The summed E-state index contributed by atoms with van der Waals surface area (Å²) in [6.45, 7) is 4.49. The van der Waals surface area contributed by atoms with E-state index in [9.17, 15) is 4.79 Å². The third-order valence-electron chi connectivity index (χ3n) is 3.87. The van der Waals surface area contributed by atoms with Crippen LogP contribution in [0.5, 0.6) is 0 Å². The molecule has 2 aromatic heterocycles. The Bertz CT molecular complexity index is 700. The quantitative estimate of drug-likeness (QED) is 0.863. The zero-order valence-corrected chi connectivity index (χ0v) is 13.3. The molecule has 5 nitrogen and oxygen atoms in total. The molecule has 0 spiro atoms. The van der Waals surface area contributed by atoms with E-state index in [4.69, 9.17) is 4.42 Å². The van der Waals surface area contributed by atoms with Crippen LogP contribution in [0.1, 0.15) is 29.9 Å². The van der Waals surface area contributed by atoms with Gasteiger partial charge in [-0.1, -0.05) is 0 Å². The Balaban J connectivity index is 1.54. The summed E-state index contributed by atoms with van der Waals surface area (Å²) in [7, 11) is 0. The van der Waals surface area contributed by atoms with Gasteiger partial charge in [-0.15, -0.1) is 0 Å². The fourth-order valence-corrected chi connectivity index (χ4v) is 2.64. The molecule has 5 heteroatoms. The molecule has 3 heterocycles. The highest BCUT2D eigenvalue weighted by molar-refractivity contribution is 5.91. The summed E-state index contributed by atoms with van der Waals surface area (Å²) in [5.41, 5.74) is 1.05. The lowest BCUT2D eigenvalue weighted by Gasteiger charge is -2.16. The van der Waals surface area contributed by atoms with Crippen molar-refractivity contribution in [1.82, 2.24) is 10.3 Å². The van der Waals surface area contributed by atoms with Crippen molar-refractivity contribution in [3.8, 4) is 0 Å². The Kier molecular flexibility index (Phi) is 4.76. The Hall–Kier alpha value is -2.56. The van der Waals surface area contributed by atoms with Crippen molar-refractivity contribution >= 4 is 17.8 Å². The van der Waals surface area contributed by atoms with E-state index in [2.05, 4.69) is 15.2 Å². The third kappa shape index (κ3) is 4.22. The van der Waals surface area contributed by atoms with E-state index in [0.29, 0.717) is 12.3 Å². The second-order valence-electron chi connectivity index (χ2n) is 5.72. The standard InChI is InChI=1S/C18H21N3O2/c1-14-4-5-16(23-14)6-7-18(22)20-13-15-8-9-19-17(12-15)21-10-2-3-11-21/h4-9,12H,2-3,10-11,13H2,1H3,(H,20,22)/b7-6+. The molecule has 1 aliphatic heterocycles. The van der Waals surface area contributed by atoms with Crippen molar-refractivity contribution < 1.29 is 9.21 Å². The minimum atomic E-state index is -0.140. The van der Waals surface area contributed by atoms with Crippen LogP contribution >= 0.6 is 0 Å². The first-order valence-electron chi connectivity index (χ1n) is 7.93. The molecule has 1 saturated heterocycles. The predicted octanol–water partition coefficient (Wildman–Crippen LogP) is 2.91. The van der Waals surface area contributed by atoms with E-state index in [1.165, 1.54) is 18.9 Å². The molecule has 1 fully saturated rings. The van der Waals surface area contributed by atoms with Crippen LogP contribution in [0, 0.1) is 6.92 Å². The summed E-state index contributed by atoms with van der Waals surface area (Å²) >= 11 is 0. The smallest absolute Gasteiger partial charge is 0.244 e. The number of aryl methyl sites for hydroxylation is 1. The van der Waals surface area contributed by atoms with Crippen LogP contribution in [0.2, 0.25) is 0 Å². The highest BCUT2D eigenvalue weighted by atomic mass is 16.3. The molecule has 23 heavy (non-hydrogen) atoms. The number of nitrogens with one attached hydrogen (secondary N) is 1. The molecule has 2 aromatic rings. The van der Waals surface area contributed by atoms with Crippen molar-refractivity contribution in [2.75, 3.05) is 18.0 Å². The molecule has 1 N–H and O–H groups in total. The van der Waals surface area contributed by atoms with Gasteiger partial charge in [-0.2, -0.15) is 0 Å². The number of nitrogens with zero attached hydrogens (tertiary/aromatic N) is 2. The van der Waals surface area contributed by atoms with Gasteiger partial charge in [0.15, 0.2) is 0 Å². The topological polar surface area (TPSA) is 58.4 Å². The van der Waals surface area contributed by atoms with Gasteiger partial charge in [-0.05, 0) is 55.7 Å². The summed E-state index contributed by atoms with van der Waals surface area (Å²) in [5.74, 6) is 2.36. The van der Waals surface area contributed by atoms with Gasteiger partial charge in [0.05, 0.1) is 0 Å². The van der Waals surface area contributed by atoms with Crippen LogP contribution in [-0.4, -0.2) is 24.0 Å². The van der Waals surface area contributed by atoms with E-state index >= 15 is 0 Å². The van der Waals surface area contributed by atoms with Crippen molar-refractivity contribution in [3.63, 3.8) is 0 Å². The number of pyridine rings is 1. The Morgan fingerprint density at radius 1 is 1.35 bits per heavy atom. The number of furan rings is 1. The van der Waals surface area contributed by atoms with Gasteiger partial charge < -0.3 is 14.6 Å². The van der Waals surface area contributed by atoms with Gasteiger partial charge in [0.1, 0.15) is 17.3 Å². The van der Waals surface area contributed by atoms with Gasteiger partial charge >= 0.3 is 0 Å². The minimum absolute atomic E-state index is 0.140. The highest BCUT2D eigenvalue weighted by Gasteiger charge is 2.13. The second kappa shape index (κ2) is 7.13. The first-order valence-corrected chi connectivity index (χ1v) is 7.93. The number of amides is 1. The molecule has 0 unspecified atom stereocenters. The second-order valence-corrected chi connectivity index (χ2v) is 5.72. The van der Waals surface area contributed by atoms with Crippen LogP contribution in [0.3, 0.4) is 0 Å². The van der Waals surface area contributed by atoms with Crippen molar-refractivity contribution in [3.05, 3.63) is 53.6 Å². The lowest BCUT2D eigenvalue weighted by atomic mass is 10.2. The lowest BCUT2D eigenvalue weighted by Crippen LogP contribution is -2.22. The minimum Gasteiger partial charge on any atom is -0.462 e. The van der Waals surface area contributed by atoms with E-state index < -0.39 is 0 Å². The van der Waals surface area contributed by atoms with Crippen molar-refractivity contribution in [1.29, 1.82) is 0 Å². The summed E-state index contributed by atoms with van der Waals surface area (Å²) in [6.07, 6.45) is 7.40. The largest absolute Gasteiger partial charge is 0.462 e. The molecule has 0 aliphatic carbocycles. The molecule has 120 valence electrons. The molecular weight excluding hydrogens is 290 g/mol. The average Bonchev–Trinajstić information content (AvgIpc) is 3.23. The fraction of sp³-hybridized carbons (Fsp3) is 0.333. The first kappa shape index (κ1) is 15.3. The molecule has 0 saturated carbocycles. The first-order chi connectivity index (χ1) is 11.2. The van der Waals surface area contributed by atoms with E-state index in [1.54, 1.807) is 12.3 Å². The van der Waals surface area contributed by atoms with Gasteiger partial charge in [0, 0.05) is 31.9 Å². The zero-order chi connectivity index (χ0) is 16.1. The van der Waals surface area contributed by atoms with Crippen molar-refractivity contribution in [2.24, 2.45) is 0 Å². The summed E-state index contributed by atoms with van der Waals surface area (Å²) in [5, 5.41) is 2.88. The molecule has 1 amide bonds. The molecule has 1 aliphatic rings. The van der Waals surface area contributed by atoms with Crippen LogP contribution in [-0.2, 0) is 11.3 Å². The number of carbonyl (C=O) groups is 1. The Morgan fingerprint density at radius 3 is 2.91 bits per heavy atom. The number of aromatic nitrogens is 1. The normalized spacial score (nSPS) is 14.6. The predicted molar refractivity (Wildman–Crippen MR) is 90.0 cm³/mol. The van der Waals surface area contributed by atoms with Crippen LogP contribution in [0.4, 0.5) is 5.82 Å². The third-order valence-corrected chi connectivity index (χ3v) is 3.87. The molecule has 3 rings (SSSR count). The van der Waals surface area contributed by atoms with Crippen LogP contribution in [0.15, 0.2) is 41.0 Å². The van der Waals surface area contributed by atoms with E-state index in [1.807, 2.05) is 31.2 Å². The zero-order valence-electron chi connectivity index (χ0n) is 13.3. The lowest BCUT2D eigenvalue weighted by molar-refractivity contribution is -0.116. The van der Waals surface area contributed by atoms with Crippen LogP contribution in [0.25, 0.3) is 6.08 Å². The SMILES string of the molecule is Cc1ccc(/C=C/C(=O)NCc2ccnc(N3CCCC3)c2)o1. The number of hydrogen-bond donors (Lipinski definition) is 1. The highest BCUT2D eigenvalue weighted by Crippen LogP contribution is 2.18. The maximum absolute atomic E-state index is 11.9. The Labute approximate surface area is 136 Å².